The van der Waals surface area contributed by atoms with E-state index in [0.29, 0.717) is 5.56 Å². The lowest BCUT2D eigenvalue weighted by atomic mass is 10.2. The van der Waals surface area contributed by atoms with Crippen LogP contribution in [-0.2, 0) is 14.3 Å². The van der Waals surface area contributed by atoms with E-state index in [1.54, 1.807) is 13.8 Å². The van der Waals surface area contributed by atoms with Crippen molar-refractivity contribution in [1.82, 2.24) is 0 Å². The zero-order chi connectivity index (χ0) is 14.4. The Morgan fingerprint density at radius 1 is 1.42 bits per heavy atom. The van der Waals surface area contributed by atoms with Gasteiger partial charge >= 0.3 is 5.97 Å². The van der Waals surface area contributed by atoms with Crippen LogP contribution in [0.2, 0.25) is 0 Å². The first-order valence-electron chi connectivity index (χ1n) is 5.64. The lowest BCUT2D eigenvalue weighted by molar-refractivity contribution is -0.385. The second-order valence-corrected chi connectivity index (χ2v) is 3.79. The third kappa shape index (κ3) is 4.38. The number of amides is 1. The summed E-state index contributed by atoms with van der Waals surface area (Å²) in [5.41, 5.74) is 0.675. The van der Waals surface area contributed by atoms with Crippen LogP contribution in [-0.4, -0.2) is 23.4 Å². The number of nitrogens with one attached hydrogen (secondary N) is 1. The second-order valence-electron chi connectivity index (χ2n) is 3.79. The van der Waals surface area contributed by atoms with Gasteiger partial charge in [0.1, 0.15) is 6.42 Å². The van der Waals surface area contributed by atoms with E-state index in [-0.39, 0.29) is 18.0 Å². The maximum atomic E-state index is 11.5. The third-order valence-corrected chi connectivity index (χ3v) is 2.30. The molecule has 19 heavy (non-hydrogen) atoms. The minimum absolute atomic E-state index is 0.0889. The number of carbonyl (C=O) groups is 2. The van der Waals surface area contributed by atoms with Gasteiger partial charge in [-0.2, -0.15) is 0 Å². The highest BCUT2D eigenvalue weighted by molar-refractivity contribution is 6.02. The van der Waals surface area contributed by atoms with E-state index in [9.17, 15) is 19.7 Å². The van der Waals surface area contributed by atoms with Gasteiger partial charge in [-0.05, 0) is 19.9 Å². The molecule has 0 fully saturated rings. The maximum absolute atomic E-state index is 11.5. The van der Waals surface area contributed by atoms with E-state index in [1.807, 2.05) is 0 Å². The van der Waals surface area contributed by atoms with E-state index in [4.69, 9.17) is 0 Å². The molecule has 102 valence electrons. The molecule has 0 saturated heterocycles. The molecular formula is C12H14N2O5. The number of ether oxygens (including phenoxy) is 1. The predicted octanol–water partition coefficient (Wildman–Crippen LogP) is 1.79. The molecule has 0 radical (unpaired) electrons. The number of hydrogen-bond acceptors (Lipinski definition) is 5. The predicted molar refractivity (Wildman–Crippen MR) is 67.7 cm³/mol. The smallest absolute Gasteiger partial charge is 0.315 e. The van der Waals surface area contributed by atoms with Crippen molar-refractivity contribution in [3.63, 3.8) is 0 Å². The molecule has 0 aliphatic rings. The molecule has 1 amide bonds. The minimum atomic E-state index is -0.637. The first-order chi connectivity index (χ1) is 8.93. The van der Waals surface area contributed by atoms with Gasteiger partial charge in [0.05, 0.1) is 11.5 Å². The molecule has 1 aromatic rings. The molecule has 1 N–H and O–H groups in total. The molecule has 0 unspecified atom stereocenters. The van der Waals surface area contributed by atoms with Gasteiger partial charge in [-0.1, -0.05) is 6.07 Å². The summed E-state index contributed by atoms with van der Waals surface area (Å²) in [6.07, 6.45) is -0.421. The molecule has 7 nitrogen and oxygen atoms in total. The van der Waals surface area contributed by atoms with Crippen molar-refractivity contribution in [3.05, 3.63) is 33.9 Å². The summed E-state index contributed by atoms with van der Waals surface area (Å²) in [6.45, 7) is 3.43. The van der Waals surface area contributed by atoms with Crippen molar-refractivity contribution in [3.8, 4) is 0 Å². The van der Waals surface area contributed by atoms with Gasteiger partial charge in [0.25, 0.3) is 5.69 Å². The first-order valence-corrected chi connectivity index (χ1v) is 5.64. The molecule has 1 aromatic carbocycles. The molecule has 0 saturated carbocycles. The van der Waals surface area contributed by atoms with E-state index < -0.39 is 23.2 Å². The average Bonchev–Trinajstić information content (AvgIpc) is 2.31. The van der Waals surface area contributed by atoms with E-state index in [1.165, 1.54) is 18.2 Å². The Balaban J connectivity index is 2.72. The van der Waals surface area contributed by atoms with Crippen LogP contribution in [0.3, 0.4) is 0 Å². The van der Waals surface area contributed by atoms with Crippen LogP contribution >= 0.6 is 0 Å². The van der Waals surface area contributed by atoms with Gasteiger partial charge < -0.3 is 10.1 Å². The molecule has 0 spiro atoms. The Labute approximate surface area is 109 Å². The van der Waals surface area contributed by atoms with E-state index in [0.717, 1.165) is 0 Å². The van der Waals surface area contributed by atoms with Crippen LogP contribution in [0.1, 0.15) is 18.9 Å². The van der Waals surface area contributed by atoms with Gasteiger partial charge in [-0.3, -0.25) is 19.7 Å². The van der Waals surface area contributed by atoms with Gasteiger partial charge in [0, 0.05) is 17.3 Å². The zero-order valence-electron chi connectivity index (χ0n) is 10.6. The molecule has 0 aliphatic heterocycles. The van der Waals surface area contributed by atoms with Gasteiger partial charge in [0.15, 0.2) is 0 Å². The Kier molecular flexibility index (Phi) is 4.99. The molecule has 0 heterocycles. The highest BCUT2D eigenvalue weighted by Crippen LogP contribution is 2.22. The summed E-state index contributed by atoms with van der Waals surface area (Å²) in [6, 6.07) is 4.31. The van der Waals surface area contributed by atoms with Crippen molar-refractivity contribution < 1.29 is 19.2 Å². The highest BCUT2D eigenvalue weighted by atomic mass is 16.6. The monoisotopic (exact) mass is 266 g/mol. The molecule has 0 aliphatic carbocycles. The fourth-order valence-corrected chi connectivity index (χ4v) is 1.43. The maximum Gasteiger partial charge on any atom is 0.315 e. The summed E-state index contributed by atoms with van der Waals surface area (Å²) < 4.78 is 4.62. The number of rotatable bonds is 5. The van der Waals surface area contributed by atoms with Crippen LogP contribution in [0, 0.1) is 17.0 Å². The Hall–Kier alpha value is -2.44. The summed E-state index contributed by atoms with van der Waals surface area (Å²) in [5, 5.41) is 13.2. The molecule has 1 rings (SSSR count). The van der Waals surface area contributed by atoms with Crippen molar-refractivity contribution in [2.24, 2.45) is 0 Å². The third-order valence-electron chi connectivity index (χ3n) is 2.30. The van der Waals surface area contributed by atoms with Crippen molar-refractivity contribution >= 4 is 23.3 Å². The number of hydrogen-bond donors (Lipinski definition) is 1. The fraction of sp³-hybridized carbons (Fsp3) is 0.333. The van der Waals surface area contributed by atoms with Gasteiger partial charge in [0.2, 0.25) is 5.91 Å². The average molecular weight is 266 g/mol. The number of nitro benzene ring substituents is 1. The Bertz CT molecular complexity index is 513. The lowest BCUT2D eigenvalue weighted by Crippen LogP contribution is -2.18. The number of carbonyl (C=O) groups excluding carboxylic acids is 2. The number of nitrogens with zero attached hydrogens (tertiary/aromatic N) is 1. The molecule has 0 atom stereocenters. The van der Waals surface area contributed by atoms with Crippen LogP contribution in [0.4, 0.5) is 11.4 Å². The lowest BCUT2D eigenvalue weighted by Gasteiger charge is -2.06. The van der Waals surface area contributed by atoms with Crippen LogP contribution < -0.4 is 5.32 Å². The number of benzene rings is 1. The van der Waals surface area contributed by atoms with Crippen LogP contribution in [0.25, 0.3) is 0 Å². The largest absolute Gasteiger partial charge is 0.466 e. The number of aryl methyl sites for hydroxylation is 1. The van der Waals surface area contributed by atoms with Crippen molar-refractivity contribution in [2.45, 2.75) is 20.3 Å². The summed E-state index contributed by atoms with van der Waals surface area (Å²) in [5.74, 6) is -1.21. The first kappa shape index (κ1) is 14.6. The molecular weight excluding hydrogens is 252 g/mol. The minimum Gasteiger partial charge on any atom is -0.466 e. The van der Waals surface area contributed by atoms with E-state index >= 15 is 0 Å². The Morgan fingerprint density at radius 3 is 2.68 bits per heavy atom. The standard InChI is InChI=1S/C12H14N2O5/c1-3-19-12(16)7-11(15)13-9-5-4-8(2)10(6-9)14(17)18/h4-6H,3,7H2,1-2H3,(H,13,15). The summed E-state index contributed by atoms with van der Waals surface area (Å²) in [4.78, 5) is 32.8. The zero-order valence-corrected chi connectivity index (χ0v) is 10.6. The second kappa shape index (κ2) is 6.48. The van der Waals surface area contributed by atoms with Gasteiger partial charge in [-0.25, -0.2) is 0 Å². The normalized spacial score (nSPS) is 9.79. The summed E-state index contributed by atoms with van der Waals surface area (Å²) >= 11 is 0. The molecule has 0 aromatic heterocycles. The summed E-state index contributed by atoms with van der Waals surface area (Å²) in [7, 11) is 0. The Morgan fingerprint density at radius 2 is 2.11 bits per heavy atom. The number of nitro groups is 1. The fourth-order valence-electron chi connectivity index (χ4n) is 1.43. The van der Waals surface area contributed by atoms with E-state index in [2.05, 4.69) is 10.1 Å². The number of anilines is 1. The van der Waals surface area contributed by atoms with Gasteiger partial charge in [-0.15, -0.1) is 0 Å². The number of esters is 1. The van der Waals surface area contributed by atoms with Crippen LogP contribution in [0.5, 0.6) is 0 Å². The highest BCUT2D eigenvalue weighted by Gasteiger charge is 2.14. The quantitative estimate of drug-likeness (QED) is 0.379. The van der Waals surface area contributed by atoms with Crippen molar-refractivity contribution in [2.75, 3.05) is 11.9 Å². The molecule has 7 heteroatoms. The van der Waals surface area contributed by atoms with Crippen molar-refractivity contribution in [1.29, 1.82) is 0 Å². The molecule has 0 bridgehead atoms. The SMILES string of the molecule is CCOC(=O)CC(=O)Nc1ccc(C)c([N+](=O)[O-])c1. The topological polar surface area (TPSA) is 98.5 Å². The van der Waals surface area contributed by atoms with Crippen LogP contribution in [0.15, 0.2) is 18.2 Å².